The lowest BCUT2D eigenvalue weighted by atomic mass is 9.92. The molecule has 0 saturated carbocycles. The molecule has 0 unspecified atom stereocenters. The first-order valence-corrected chi connectivity index (χ1v) is 8.38. The van der Waals surface area contributed by atoms with E-state index in [1.807, 2.05) is 20.8 Å². The lowest BCUT2D eigenvalue weighted by molar-refractivity contribution is -0.117. The highest BCUT2D eigenvalue weighted by atomic mass is 19.1. The first kappa shape index (κ1) is 17.4. The van der Waals surface area contributed by atoms with E-state index in [-0.39, 0.29) is 23.1 Å². The van der Waals surface area contributed by atoms with E-state index in [0.717, 1.165) is 0 Å². The largest absolute Gasteiger partial charge is 0.381 e. The van der Waals surface area contributed by atoms with Gasteiger partial charge in [0.25, 0.3) is 0 Å². The number of nitriles is 1. The summed E-state index contributed by atoms with van der Waals surface area (Å²) in [6, 6.07) is 6.92. The van der Waals surface area contributed by atoms with Crippen molar-refractivity contribution < 1.29 is 13.9 Å². The van der Waals surface area contributed by atoms with Gasteiger partial charge >= 0.3 is 0 Å². The number of carbonyl (C=O) groups excluding carboxylic acids is 1. The average molecular weight is 343 g/mol. The molecule has 2 heterocycles. The molecule has 1 aromatic carbocycles. The van der Waals surface area contributed by atoms with Crippen molar-refractivity contribution >= 4 is 22.6 Å². The van der Waals surface area contributed by atoms with Crippen LogP contribution < -0.4 is 5.32 Å². The van der Waals surface area contributed by atoms with Crippen molar-refractivity contribution in [3.05, 3.63) is 29.6 Å². The van der Waals surface area contributed by atoms with Crippen LogP contribution in [-0.4, -0.2) is 23.7 Å². The molecule has 0 radical (unpaired) electrons. The van der Waals surface area contributed by atoms with Crippen LogP contribution in [-0.2, 0) is 16.1 Å². The smallest absolute Gasteiger partial charge is 0.226 e. The number of carbonyl (C=O) groups is 1. The average Bonchev–Trinajstić information content (AvgIpc) is 2.73. The number of hydrogen-bond donors (Lipinski definition) is 1. The van der Waals surface area contributed by atoms with E-state index in [0.29, 0.717) is 42.6 Å². The zero-order chi connectivity index (χ0) is 18.2. The number of rotatable bonds is 4. The molecule has 0 atom stereocenters. The number of nitrogens with one attached hydrogen (secondary N) is 1. The molecule has 0 spiro atoms. The third-order valence-corrected chi connectivity index (χ3v) is 4.23. The number of anilines is 1. The van der Waals surface area contributed by atoms with Crippen LogP contribution in [0.2, 0.25) is 0 Å². The predicted octanol–water partition coefficient (Wildman–Crippen LogP) is 3.67. The molecule has 3 rings (SSSR count). The molecule has 6 heteroatoms. The zero-order valence-electron chi connectivity index (χ0n) is 14.7. The minimum absolute atomic E-state index is 0.172. The fourth-order valence-electron chi connectivity index (χ4n) is 2.99. The summed E-state index contributed by atoms with van der Waals surface area (Å²) >= 11 is 0. The SMILES string of the molecule is CC(C)(C)CC(=O)Nc1c(F)c2ccc(C#N)cc2n1CC1COC1. The number of amides is 1. The Balaban J connectivity index is 2.02. The molecule has 1 N–H and O–H groups in total. The second-order valence-corrected chi connectivity index (χ2v) is 7.81. The monoisotopic (exact) mass is 343 g/mol. The third kappa shape index (κ3) is 3.67. The van der Waals surface area contributed by atoms with Gasteiger partial charge in [-0.05, 0) is 23.6 Å². The van der Waals surface area contributed by atoms with Gasteiger partial charge in [0.05, 0.1) is 30.4 Å². The van der Waals surface area contributed by atoms with Crippen LogP contribution in [0.1, 0.15) is 32.8 Å². The molecular formula is C19H22FN3O2. The number of ether oxygens (including phenoxy) is 1. The quantitative estimate of drug-likeness (QED) is 0.921. The van der Waals surface area contributed by atoms with Crippen molar-refractivity contribution in [2.45, 2.75) is 33.7 Å². The minimum atomic E-state index is -0.456. The number of fused-ring (bicyclic) bond motifs is 1. The van der Waals surface area contributed by atoms with Gasteiger partial charge in [-0.2, -0.15) is 5.26 Å². The summed E-state index contributed by atoms with van der Waals surface area (Å²) in [6.45, 7) is 7.67. The summed E-state index contributed by atoms with van der Waals surface area (Å²) in [4.78, 5) is 12.3. The first-order chi connectivity index (χ1) is 11.8. The van der Waals surface area contributed by atoms with Gasteiger partial charge in [-0.25, -0.2) is 4.39 Å². The molecule has 1 aliphatic rings. The summed E-state index contributed by atoms with van der Waals surface area (Å²) in [5.41, 5.74) is 0.894. The summed E-state index contributed by atoms with van der Waals surface area (Å²) in [5, 5.41) is 12.3. The molecule has 1 saturated heterocycles. The van der Waals surface area contributed by atoms with Gasteiger partial charge in [-0.15, -0.1) is 0 Å². The van der Waals surface area contributed by atoms with E-state index >= 15 is 0 Å². The molecule has 1 fully saturated rings. The predicted molar refractivity (Wildman–Crippen MR) is 93.6 cm³/mol. The van der Waals surface area contributed by atoms with Crippen LogP contribution in [0.5, 0.6) is 0 Å². The Labute approximate surface area is 146 Å². The Morgan fingerprint density at radius 1 is 1.44 bits per heavy atom. The Hall–Kier alpha value is -2.39. The molecule has 1 amide bonds. The molecule has 2 aromatic rings. The minimum Gasteiger partial charge on any atom is -0.381 e. The van der Waals surface area contributed by atoms with Crippen LogP contribution in [0.15, 0.2) is 18.2 Å². The first-order valence-electron chi connectivity index (χ1n) is 8.38. The van der Waals surface area contributed by atoms with Crippen molar-refractivity contribution in [3.8, 4) is 6.07 Å². The number of nitrogens with zero attached hydrogens (tertiary/aromatic N) is 2. The van der Waals surface area contributed by atoms with Crippen LogP contribution in [0.3, 0.4) is 0 Å². The van der Waals surface area contributed by atoms with Gasteiger partial charge in [0.1, 0.15) is 0 Å². The summed E-state index contributed by atoms with van der Waals surface area (Å²) in [7, 11) is 0. The zero-order valence-corrected chi connectivity index (χ0v) is 14.7. The van der Waals surface area contributed by atoms with Crippen molar-refractivity contribution in [2.75, 3.05) is 18.5 Å². The number of hydrogen-bond acceptors (Lipinski definition) is 3. The van der Waals surface area contributed by atoms with Crippen molar-refractivity contribution in [1.29, 1.82) is 5.26 Å². The lowest BCUT2D eigenvalue weighted by Gasteiger charge is -2.27. The molecule has 1 aromatic heterocycles. The maximum Gasteiger partial charge on any atom is 0.226 e. The van der Waals surface area contributed by atoms with Gasteiger partial charge in [0, 0.05) is 24.3 Å². The fourth-order valence-corrected chi connectivity index (χ4v) is 2.99. The normalized spacial score (nSPS) is 15.0. The lowest BCUT2D eigenvalue weighted by Crippen LogP contribution is -2.32. The molecular weight excluding hydrogens is 321 g/mol. The second kappa shape index (κ2) is 6.49. The summed E-state index contributed by atoms with van der Waals surface area (Å²) in [5.74, 6) is -0.229. The number of aromatic nitrogens is 1. The van der Waals surface area contributed by atoms with E-state index in [2.05, 4.69) is 11.4 Å². The van der Waals surface area contributed by atoms with Crippen molar-refractivity contribution in [2.24, 2.45) is 11.3 Å². The highest BCUT2D eigenvalue weighted by Gasteiger charge is 2.26. The third-order valence-electron chi connectivity index (χ3n) is 4.23. The van der Waals surface area contributed by atoms with E-state index < -0.39 is 5.82 Å². The van der Waals surface area contributed by atoms with Crippen molar-refractivity contribution in [3.63, 3.8) is 0 Å². The standard InChI is InChI=1S/C19H22FN3O2/c1-19(2,3)7-16(24)22-18-17(20)14-5-4-12(8-21)6-15(14)23(18)9-13-10-25-11-13/h4-6,13H,7,9-11H2,1-3H3,(H,22,24). The maximum atomic E-state index is 14.9. The van der Waals surface area contributed by atoms with Gasteiger partial charge < -0.3 is 14.6 Å². The fraction of sp³-hybridized carbons (Fsp3) is 0.474. The van der Waals surface area contributed by atoms with Crippen LogP contribution >= 0.6 is 0 Å². The maximum absolute atomic E-state index is 14.9. The Bertz CT molecular complexity index is 854. The highest BCUT2D eigenvalue weighted by molar-refractivity contribution is 5.95. The highest BCUT2D eigenvalue weighted by Crippen LogP contribution is 2.32. The van der Waals surface area contributed by atoms with E-state index in [4.69, 9.17) is 10.00 Å². The van der Waals surface area contributed by atoms with Crippen LogP contribution in [0, 0.1) is 28.5 Å². The molecule has 25 heavy (non-hydrogen) atoms. The summed E-state index contributed by atoms with van der Waals surface area (Å²) < 4.78 is 21.9. The Morgan fingerprint density at radius 2 is 2.16 bits per heavy atom. The molecule has 132 valence electrons. The van der Waals surface area contributed by atoms with Crippen LogP contribution in [0.25, 0.3) is 10.9 Å². The van der Waals surface area contributed by atoms with Gasteiger partial charge in [-0.3, -0.25) is 4.79 Å². The Kier molecular flexibility index (Phi) is 4.53. The second-order valence-electron chi connectivity index (χ2n) is 7.81. The van der Waals surface area contributed by atoms with Crippen molar-refractivity contribution in [1.82, 2.24) is 4.57 Å². The van der Waals surface area contributed by atoms with E-state index in [9.17, 15) is 9.18 Å². The van der Waals surface area contributed by atoms with Crippen LogP contribution in [0.4, 0.5) is 10.2 Å². The van der Waals surface area contributed by atoms with E-state index in [1.54, 1.807) is 22.8 Å². The molecule has 0 bridgehead atoms. The Morgan fingerprint density at radius 3 is 2.72 bits per heavy atom. The van der Waals surface area contributed by atoms with Gasteiger partial charge in [-0.1, -0.05) is 20.8 Å². The van der Waals surface area contributed by atoms with Gasteiger partial charge in [0.15, 0.2) is 11.6 Å². The van der Waals surface area contributed by atoms with E-state index in [1.165, 1.54) is 0 Å². The molecule has 1 aliphatic heterocycles. The summed E-state index contributed by atoms with van der Waals surface area (Å²) in [6.07, 6.45) is 0.296. The molecule has 0 aliphatic carbocycles. The topological polar surface area (TPSA) is 67.0 Å². The number of benzene rings is 1. The number of halogens is 1. The van der Waals surface area contributed by atoms with Gasteiger partial charge in [0.2, 0.25) is 5.91 Å². The molecule has 5 nitrogen and oxygen atoms in total.